The van der Waals surface area contributed by atoms with Crippen molar-refractivity contribution in [2.24, 2.45) is 11.3 Å². The van der Waals surface area contributed by atoms with Crippen molar-refractivity contribution in [3.8, 4) is 0 Å². The van der Waals surface area contributed by atoms with Crippen LogP contribution in [-0.4, -0.2) is 4.98 Å². The molecule has 1 saturated carbocycles. The zero-order valence-corrected chi connectivity index (χ0v) is 12.3. The van der Waals surface area contributed by atoms with Crippen molar-refractivity contribution in [1.82, 2.24) is 10.4 Å². The fraction of sp³-hybridized carbons (Fsp3) is 0.471. The van der Waals surface area contributed by atoms with E-state index in [1.807, 2.05) is 6.92 Å². The molecule has 1 fully saturated rings. The topological polar surface area (TPSA) is 50.9 Å². The van der Waals surface area contributed by atoms with E-state index < -0.39 is 0 Å². The van der Waals surface area contributed by atoms with Crippen molar-refractivity contribution in [1.29, 1.82) is 0 Å². The zero-order chi connectivity index (χ0) is 14.2. The molecule has 1 aliphatic rings. The van der Waals surface area contributed by atoms with Crippen LogP contribution in [0, 0.1) is 12.3 Å². The van der Waals surface area contributed by atoms with Crippen LogP contribution in [0.2, 0.25) is 0 Å². The first-order chi connectivity index (χ1) is 9.62. The summed E-state index contributed by atoms with van der Waals surface area (Å²) in [5.74, 6) is 5.87. The van der Waals surface area contributed by atoms with E-state index in [9.17, 15) is 0 Å². The zero-order valence-electron chi connectivity index (χ0n) is 12.3. The Morgan fingerprint density at radius 2 is 1.95 bits per heavy atom. The molecule has 3 heteroatoms. The summed E-state index contributed by atoms with van der Waals surface area (Å²) in [6.07, 6.45) is 5.10. The average molecular weight is 269 g/mol. The van der Waals surface area contributed by atoms with Crippen molar-refractivity contribution in [3.63, 3.8) is 0 Å². The van der Waals surface area contributed by atoms with Gasteiger partial charge in [0.05, 0.1) is 11.6 Å². The smallest absolute Gasteiger partial charge is 0.0705 e. The molecule has 0 aliphatic heterocycles. The summed E-state index contributed by atoms with van der Waals surface area (Å²) in [5, 5.41) is 1.19. The second kappa shape index (κ2) is 5.15. The van der Waals surface area contributed by atoms with Gasteiger partial charge in [0.1, 0.15) is 0 Å². The molecule has 3 rings (SSSR count). The molecule has 0 bridgehead atoms. The van der Waals surface area contributed by atoms with Gasteiger partial charge in [-0.15, -0.1) is 0 Å². The fourth-order valence-corrected chi connectivity index (χ4v) is 3.60. The molecule has 3 nitrogen and oxygen atoms in total. The molecule has 1 atom stereocenters. The van der Waals surface area contributed by atoms with Crippen LogP contribution in [0.3, 0.4) is 0 Å². The largest absolute Gasteiger partial charge is 0.271 e. The third-order valence-electron chi connectivity index (χ3n) is 4.80. The molecular formula is C17H23N3. The number of nitrogens with two attached hydrogens (primary N) is 1. The fourth-order valence-electron chi connectivity index (χ4n) is 3.60. The number of nitrogens with one attached hydrogen (secondary N) is 1. The summed E-state index contributed by atoms with van der Waals surface area (Å²) >= 11 is 0. The molecule has 0 saturated heterocycles. The highest BCUT2D eigenvalue weighted by atomic mass is 15.2. The number of hydrogen-bond donors (Lipinski definition) is 2. The normalized spacial score (nSPS) is 19.4. The third-order valence-corrected chi connectivity index (χ3v) is 4.80. The quantitative estimate of drug-likeness (QED) is 0.661. The molecule has 20 heavy (non-hydrogen) atoms. The van der Waals surface area contributed by atoms with E-state index in [1.54, 1.807) is 0 Å². The van der Waals surface area contributed by atoms with Crippen LogP contribution in [-0.2, 0) is 0 Å². The van der Waals surface area contributed by atoms with Gasteiger partial charge in [-0.1, -0.05) is 31.9 Å². The van der Waals surface area contributed by atoms with Gasteiger partial charge in [-0.2, -0.15) is 0 Å². The van der Waals surface area contributed by atoms with Crippen molar-refractivity contribution in [2.45, 2.75) is 45.6 Å². The summed E-state index contributed by atoms with van der Waals surface area (Å²) in [7, 11) is 0. The molecule has 2 aromatic rings. The summed E-state index contributed by atoms with van der Waals surface area (Å²) in [6.45, 7) is 4.37. The number of hydrogen-bond acceptors (Lipinski definition) is 3. The maximum absolute atomic E-state index is 5.87. The van der Waals surface area contributed by atoms with Gasteiger partial charge < -0.3 is 0 Å². The Balaban J connectivity index is 2.01. The third kappa shape index (κ3) is 2.32. The molecule has 1 heterocycles. The standard InChI is InChI=1S/C17H23N3/c1-12-5-6-13-11-14(7-8-15(13)19-12)16(20-18)17(2)9-3-4-10-17/h5-8,11,16,20H,3-4,9-10,18H2,1-2H3. The number of rotatable bonds is 3. The maximum atomic E-state index is 5.87. The van der Waals surface area contributed by atoms with Crippen LogP contribution < -0.4 is 11.3 Å². The minimum absolute atomic E-state index is 0.218. The molecule has 1 aromatic heterocycles. The molecule has 1 aliphatic carbocycles. The van der Waals surface area contributed by atoms with E-state index in [2.05, 4.69) is 47.7 Å². The number of pyridine rings is 1. The lowest BCUT2D eigenvalue weighted by Gasteiger charge is -2.34. The average Bonchev–Trinajstić information content (AvgIpc) is 2.87. The van der Waals surface area contributed by atoms with Crippen molar-refractivity contribution >= 4 is 10.9 Å². The lowest BCUT2D eigenvalue weighted by molar-refractivity contribution is 0.225. The van der Waals surface area contributed by atoms with E-state index in [4.69, 9.17) is 5.84 Å². The second-order valence-corrected chi connectivity index (χ2v) is 6.37. The Hall–Kier alpha value is -1.45. The molecular weight excluding hydrogens is 246 g/mol. The molecule has 0 amide bonds. The van der Waals surface area contributed by atoms with Crippen LogP contribution in [0.1, 0.15) is 49.9 Å². The Bertz CT molecular complexity index is 615. The number of hydrazine groups is 1. The highest BCUT2D eigenvalue weighted by Crippen LogP contribution is 2.47. The van der Waals surface area contributed by atoms with Crippen LogP contribution in [0.4, 0.5) is 0 Å². The first-order valence-electron chi connectivity index (χ1n) is 7.46. The summed E-state index contributed by atoms with van der Waals surface area (Å²) in [5.41, 5.74) is 6.71. The predicted molar refractivity (Wildman–Crippen MR) is 83.1 cm³/mol. The minimum Gasteiger partial charge on any atom is -0.271 e. The molecule has 0 radical (unpaired) electrons. The minimum atomic E-state index is 0.218. The van der Waals surface area contributed by atoms with E-state index in [0.717, 1.165) is 11.2 Å². The van der Waals surface area contributed by atoms with Gasteiger partial charge >= 0.3 is 0 Å². The van der Waals surface area contributed by atoms with Crippen molar-refractivity contribution < 1.29 is 0 Å². The van der Waals surface area contributed by atoms with Crippen LogP contribution >= 0.6 is 0 Å². The highest BCUT2D eigenvalue weighted by molar-refractivity contribution is 5.79. The first kappa shape index (κ1) is 13.5. The number of aryl methyl sites for hydroxylation is 1. The van der Waals surface area contributed by atoms with Gasteiger partial charge in [-0.3, -0.25) is 16.3 Å². The summed E-state index contributed by atoms with van der Waals surface area (Å²) < 4.78 is 0. The molecule has 106 valence electrons. The molecule has 1 aromatic carbocycles. The Morgan fingerprint density at radius 3 is 2.65 bits per heavy atom. The van der Waals surface area contributed by atoms with Crippen LogP contribution in [0.25, 0.3) is 10.9 Å². The predicted octanol–water partition coefficient (Wildman–Crippen LogP) is 3.63. The van der Waals surface area contributed by atoms with E-state index in [-0.39, 0.29) is 11.5 Å². The highest BCUT2D eigenvalue weighted by Gasteiger charge is 2.37. The van der Waals surface area contributed by atoms with Gasteiger partial charge in [0.2, 0.25) is 0 Å². The Morgan fingerprint density at radius 1 is 1.20 bits per heavy atom. The van der Waals surface area contributed by atoms with Crippen molar-refractivity contribution in [2.75, 3.05) is 0 Å². The SMILES string of the molecule is Cc1ccc2cc(C(NN)C3(C)CCCC3)ccc2n1. The number of benzene rings is 1. The summed E-state index contributed by atoms with van der Waals surface area (Å²) in [4.78, 5) is 4.57. The molecule has 3 N–H and O–H groups in total. The van der Waals surface area contributed by atoms with Gasteiger partial charge in [0, 0.05) is 11.1 Å². The van der Waals surface area contributed by atoms with Crippen LogP contribution in [0.15, 0.2) is 30.3 Å². The van der Waals surface area contributed by atoms with Gasteiger partial charge in [0.25, 0.3) is 0 Å². The lowest BCUT2D eigenvalue weighted by atomic mass is 9.77. The lowest BCUT2D eigenvalue weighted by Crippen LogP contribution is -2.38. The molecule has 1 unspecified atom stereocenters. The monoisotopic (exact) mass is 269 g/mol. The van der Waals surface area contributed by atoms with E-state index in [1.165, 1.54) is 36.6 Å². The Labute approximate surface area is 120 Å². The van der Waals surface area contributed by atoms with Gasteiger partial charge in [-0.05, 0) is 48.9 Å². The van der Waals surface area contributed by atoms with E-state index in [0.29, 0.717) is 0 Å². The Kier molecular flexibility index (Phi) is 3.48. The number of nitrogens with zero attached hydrogens (tertiary/aromatic N) is 1. The maximum Gasteiger partial charge on any atom is 0.0705 e. The van der Waals surface area contributed by atoms with Crippen molar-refractivity contribution in [3.05, 3.63) is 41.6 Å². The molecule has 0 spiro atoms. The number of aromatic nitrogens is 1. The van der Waals surface area contributed by atoms with E-state index >= 15 is 0 Å². The van der Waals surface area contributed by atoms with Crippen LogP contribution in [0.5, 0.6) is 0 Å². The second-order valence-electron chi connectivity index (χ2n) is 6.37. The van der Waals surface area contributed by atoms with Gasteiger partial charge in [0.15, 0.2) is 0 Å². The van der Waals surface area contributed by atoms with Gasteiger partial charge in [-0.25, -0.2) is 0 Å². The first-order valence-corrected chi connectivity index (χ1v) is 7.46. The number of fused-ring (bicyclic) bond motifs is 1. The summed E-state index contributed by atoms with van der Waals surface area (Å²) in [6, 6.07) is 10.9.